The molecule has 0 aliphatic carbocycles. The Kier molecular flexibility index (Phi) is 2.80. The highest BCUT2D eigenvalue weighted by Gasteiger charge is 2.12. The van der Waals surface area contributed by atoms with Crippen molar-refractivity contribution in [2.75, 3.05) is 0 Å². The Bertz CT molecular complexity index is 785. The van der Waals surface area contributed by atoms with Gasteiger partial charge in [0.25, 0.3) is 0 Å². The minimum atomic E-state index is -0.237. The number of nitrogens with zero attached hydrogens (tertiary/aromatic N) is 4. The van der Waals surface area contributed by atoms with Gasteiger partial charge < -0.3 is 5.11 Å². The molecule has 1 N–H and O–H groups in total. The van der Waals surface area contributed by atoms with Crippen LogP contribution in [-0.4, -0.2) is 24.7 Å². The Hall–Kier alpha value is -1.85. The van der Waals surface area contributed by atoms with Gasteiger partial charge in [0, 0.05) is 16.7 Å². The molecule has 2 aromatic heterocycles. The Balaban J connectivity index is 2.25. The largest absolute Gasteiger partial charge is 0.479 e. The lowest BCUT2D eigenvalue weighted by Gasteiger charge is -2.05. The molecular weight excluding hydrogens is 287 g/mol. The topological polar surface area (TPSA) is 63.3 Å². The summed E-state index contributed by atoms with van der Waals surface area (Å²) in [5.41, 5.74) is 1.69. The second kappa shape index (κ2) is 4.36. The van der Waals surface area contributed by atoms with Crippen LogP contribution in [0.25, 0.3) is 16.9 Å². The van der Waals surface area contributed by atoms with Gasteiger partial charge >= 0.3 is 6.01 Å². The molecule has 0 fully saturated rings. The van der Waals surface area contributed by atoms with Crippen molar-refractivity contribution in [3.8, 4) is 17.3 Å². The van der Waals surface area contributed by atoms with Crippen LogP contribution in [0, 0.1) is 6.92 Å². The maximum atomic E-state index is 9.85. The van der Waals surface area contributed by atoms with E-state index >= 15 is 0 Å². The van der Waals surface area contributed by atoms with Gasteiger partial charge in [-0.25, -0.2) is 4.98 Å². The summed E-state index contributed by atoms with van der Waals surface area (Å²) >= 11 is 12.0. The van der Waals surface area contributed by atoms with E-state index in [1.165, 1.54) is 4.52 Å². The lowest BCUT2D eigenvalue weighted by molar-refractivity contribution is 0.414. The molecule has 96 valence electrons. The smallest absolute Gasteiger partial charge is 0.317 e. The summed E-state index contributed by atoms with van der Waals surface area (Å²) in [5, 5.41) is 14.9. The molecule has 1 aromatic carbocycles. The summed E-state index contributed by atoms with van der Waals surface area (Å²) in [6.45, 7) is 1.74. The fourth-order valence-electron chi connectivity index (χ4n) is 1.82. The molecule has 2 heterocycles. The van der Waals surface area contributed by atoms with Gasteiger partial charge in [-0.15, -0.1) is 5.10 Å². The van der Waals surface area contributed by atoms with Crippen molar-refractivity contribution in [1.82, 2.24) is 19.6 Å². The monoisotopic (exact) mass is 294 g/mol. The summed E-state index contributed by atoms with van der Waals surface area (Å²) in [6.07, 6.45) is 0. The zero-order valence-corrected chi connectivity index (χ0v) is 11.3. The molecule has 0 radical (unpaired) electrons. The molecule has 0 unspecified atom stereocenters. The number of halogens is 2. The zero-order valence-electron chi connectivity index (χ0n) is 9.80. The first kappa shape index (κ1) is 12.2. The van der Waals surface area contributed by atoms with Crippen LogP contribution in [-0.2, 0) is 0 Å². The first-order chi connectivity index (χ1) is 9.04. The first-order valence-electron chi connectivity index (χ1n) is 5.43. The molecule has 0 spiro atoms. The van der Waals surface area contributed by atoms with Crippen molar-refractivity contribution in [1.29, 1.82) is 0 Å². The van der Waals surface area contributed by atoms with Crippen molar-refractivity contribution in [3.05, 3.63) is 40.1 Å². The second-order valence-corrected chi connectivity index (χ2v) is 4.84. The Morgan fingerprint density at radius 2 is 1.95 bits per heavy atom. The van der Waals surface area contributed by atoms with E-state index in [9.17, 15) is 5.11 Å². The first-order valence-corrected chi connectivity index (χ1v) is 6.19. The van der Waals surface area contributed by atoms with Crippen molar-refractivity contribution < 1.29 is 5.11 Å². The molecule has 5 nitrogen and oxygen atoms in total. The van der Waals surface area contributed by atoms with Crippen LogP contribution < -0.4 is 0 Å². The molecule has 3 aromatic rings. The summed E-state index contributed by atoms with van der Waals surface area (Å²) in [6, 6.07) is 6.54. The number of rotatable bonds is 1. The van der Waals surface area contributed by atoms with Gasteiger partial charge in [0.15, 0.2) is 5.65 Å². The molecule has 19 heavy (non-hydrogen) atoms. The third kappa shape index (κ3) is 2.11. The molecule has 3 rings (SSSR count). The fraction of sp³-hybridized carbons (Fsp3) is 0.0833. The van der Waals surface area contributed by atoms with Crippen LogP contribution in [0.4, 0.5) is 0 Å². The van der Waals surface area contributed by atoms with Gasteiger partial charge in [-0.05, 0) is 25.1 Å². The Morgan fingerprint density at radius 3 is 2.68 bits per heavy atom. The normalized spacial score (nSPS) is 11.1. The number of aryl methyl sites for hydroxylation is 1. The van der Waals surface area contributed by atoms with E-state index in [4.69, 9.17) is 23.2 Å². The van der Waals surface area contributed by atoms with Crippen molar-refractivity contribution >= 4 is 28.8 Å². The molecule has 0 saturated heterocycles. The third-order valence-electron chi connectivity index (χ3n) is 2.62. The van der Waals surface area contributed by atoms with Crippen molar-refractivity contribution in [2.24, 2.45) is 0 Å². The number of hydrogen-bond acceptors (Lipinski definition) is 4. The van der Waals surface area contributed by atoms with Crippen LogP contribution in [0.3, 0.4) is 0 Å². The quantitative estimate of drug-likeness (QED) is 0.749. The summed E-state index contributed by atoms with van der Waals surface area (Å²) in [5.74, 6) is 0.552. The Labute approximate surface area is 118 Å². The predicted octanol–water partition coefficient (Wildman–Crippen LogP) is 3.11. The van der Waals surface area contributed by atoms with Crippen LogP contribution in [0.1, 0.15) is 5.82 Å². The van der Waals surface area contributed by atoms with E-state index in [2.05, 4.69) is 15.1 Å². The maximum absolute atomic E-state index is 9.85. The molecule has 0 bridgehead atoms. The highest BCUT2D eigenvalue weighted by atomic mass is 35.5. The van der Waals surface area contributed by atoms with E-state index in [1.54, 1.807) is 31.2 Å². The zero-order chi connectivity index (χ0) is 13.6. The number of benzene rings is 1. The lowest BCUT2D eigenvalue weighted by Crippen LogP contribution is -1.94. The van der Waals surface area contributed by atoms with Gasteiger partial charge in [-0.3, -0.25) is 0 Å². The van der Waals surface area contributed by atoms with Crippen molar-refractivity contribution in [3.63, 3.8) is 0 Å². The Morgan fingerprint density at radius 1 is 1.16 bits per heavy atom. The van der Waals surface area contributed by atoms with Crippen LogP contribution in [0.5, 0.6) is 6.01 Å². The van der Waals surface area contributed by atoms with E-state index in [1.807, 2.05) is 0 Å². The van der Waals surface area contributed by atoms with E-state index < -0.39 is 0 Å². The maximum Gasteiger partial charge on any atom is 0.317 e. The van der Waals surface area contributed by atoms with Gasteiger partial charge in [0.05, 0.1) is 10.7 Å². The fourth-order valence-corrected chi connectivity index (χ4v) is 2.32. The molecular formula is C12H8Cl2N4O. The molecule has 0 amide bonds. The summed E-state index contributed by atoms with van der Waals surface area (Å²) in [7, 11) is 0. The van der Waals surface area contributed by atoms with Gasteiger partial charge in [0.1, 0.15) is 5.82 Å². The van der Waals surface area contributed by atoms with Gasteiger partial charge in [-0.1, -0.05) is 23.2 Å². The minimum absolute atomic E-state index is 0.237. The minimum Gasteiger partial charge on any atom is -0.479 e. The number of hydrogen-bond donors (Lipinski definition) is 1. The molecule has 0 saturated carbocycles. The van der Waals surface area contributed by atoms with Crippen molar-refractivity contribution in [2.45, 2.75) is 6.92 Å². The van der Waals surface area contributed by atoms with E-state index in [-0.39, 0.29) is 6.01 Å². The van der Waals surface area contributed by atoms with Crippen LogP contribution in [0.15, 0.2) is 24.3 Å². The second-order valence-electron chi connectivity index (χ2n) is 3.99. The van der Waals surface area contributed by atoms with E-state index in [0.29, 0.717) is 32.8 Å². The van der Waals surface area contributed by atoms with E-state index in [0.717, 1.165) is 0 Å². The average molecular weight is 295 g/mol. The molecule has 7 heteroatoms. The SMILES string of the molecule is Cc1nc2cc(-c3ccc(Cl)cc3Cl)nc(O)n2n1. The van der Waals surface area contributed by atoms with Crippen LogP contribution in [0.2, 0.25) is 10.0 Å². The number of aromatic nitrogens is 4. The standard InChI is InChI=1S/C12H8Cl2N4O/c1-6-15-11-5-10(16-12(19)18(11)17-6)8-3-2-7(13)4-9(8)14/h2-5H,1H3,(H,16,19). The number of fused-ring (bicyclic) bond motifs is 1. The highest BCUT2D eigenvalue weighted by Crippen LogP contribution is 2.30. The highest BCUT2D eigenvalue weighted by molar-refractivity contribution is 6.36. The summed E-state index contributed by atoms with van der Waals surface area (Å²) < 4.78 is 1.27. The molecule has 0 aliphatic heterocycles. The average Bonchev–Trinajstić information content (AvgIpc) is 2.70. The van der Waals surface area contributed by atoms with Gasteiger partial charge in [-0.2, -0.15) is 9.50 Å². The summed E-state index contributed by atoms with van der Waals surface area (Å²) in [4.78, 5) is 8.25. The number of aromatic hydroxyl groups is 1. The predicted molar refractivity (Wildman–Crippen MR) is 72.6 cm³/mol. The third-order valence-corrected chi connectivity index (χ3v) is 3.17. The molecule has 0 atom stereocenters. The molecule has 0 aliphatic rings. The van der Waals surface area contributed by atoms with Crippen LogP contribution >= 0.6 is 23.2 Å². The van der Waals surface area contributed by atoms with Gasteiger partial charge in [0.2, 0.25) is 0 Å². The lowest BCUT2D eigenvalue weighted by atomic mass is 10.1.